The molecule has 1 N–H and O–H groups in total. The summed E-state index contributed by atoms with van der Waals surface area (Å²) in [7, 11) is 0. The maximum atomic E-state index is 13.1. The number of H-pyrrole nitrogens is 1. The fourth-order valence-corrected chi connectivity index (χ4v) is 5.28. The van der Waals surface area contributed by atoms with Crippen LogP contribution >= 0.6 is 0 Å². The van der Waals surface area contributed by atoms with Crippen molar-refractivity contribution >= 4 is 10.9 Å². The van der Waals surface area contributed by atoms with E-state index >= 15 is 0 Å². The summed E-state index contributed by atoms with van der Waals surface area (Å²) in [5.41, 5.74) is 2.66. The second kappa shape index (κ2) is 10.1. The van der Waals surface area contributed by atoms with Crippen LogP contribution in [0.4, 0.5) is 0 Å². The Hall–Kier alpha value is -3.72. The zero-order chi connectivity index (χ0) is 24.3. The minimum Gasteiger partial charge on any atom is -0.486 e. The monoisotopic (exact) mass is 486 g/mol. The van der Waals surface area contributed by atoms with Crippen LogP contribution in [0.15, 0.2) is 53.3 Å². The van der Waals surface area contributed by atoms with Crippen molar-refractivity contribution in [3.8, 4) is 11.5 Å². The second-order valence-electron chi connectivity index (χ2n) is 9.60. The van der Waals surface area contributed by atoms with Crippen molar-refractivity contribution in [2.24, 2.45) is 0 Å². The zero-order valence-corrected chi connectivity index (χ0v) is 20.2. The number of hydrogen-bond acceptors (Lipinski definition) is 7. The van der Waals surface area contributed by atoms with Gasteiger partial charge in [0.1, 0.15) is 13.2 Å². The molecule has 1 saturated carbocycles. The lowest BCUT2D eigenvalue weighted by molar-refractivity contribution is 0.171. The number of nitrogens with one attached hydrogen (secondary N) is 1. The molecule has 186 valence electrons. The van der Waals surface area contributed by atoms with Gasteiger partial charge in [0, 0.05) is 36.1 Å². The number of hydrogen-bond donors (Lipinski definition) is 1. The van der Waals surface area contributed by atoms with Gasteiger partial charge in [0.2, 0.25) is 0 Å². The highest BCUT2D eigenvalue weighted by Crippen LogP contribution is 2.34. The van der Waals surface area contributed by atoms with Crippen LogP contribution < -0.4 is 15.0 Å². The standard InChI is InChI=1S/C27H30N6O3/c34-27-21(14-20-15-24-25(16-23(20)28-27)36-13-12-35-24)17-32(22-8-4-5-9-22)18-26-29-30-31-33(26)11-10-19-6-2-1-3-7-19/h1-3,6-7,14-16,22H,4-5,8-13,17-18H2,(H,28,34). The summed E-state index contributed by atoms with van der Waals surface area (Å²) >= 11 is 0. The number of tetrazole rings is 1. The van der Waals surface area contributed by atoms with Gasteiger partial charge in [-0.3, -0.25) is 9.69 Å². The number of rotatable bonds is 8. The van der Waals surface area contributed by atoms with Crippen LogP contribution in [0.1, 0.15) is 42.6 Å². The lowest BCUT2D eigenvalue weighted by Crippen LogP contribution is -2.35. The van der Waals surface area contributed by atoms with Crippen LogP contribution in [0.3, 0.4) is 0 Å². The Balaban J connectivity index is 1.25. The molecule has 3 heterocycles. The second-order valence-corrected chi connectivity index (χ2v) is 9.60. The first kappa shape index (κ1) is 22.7. The molecule has 0 spiro atoms. The maximum Gasteiger partial charge on any atom is 0.252 e. The number of ether oxygens (including phenoxy) is 2. The molecule has 9 heteroatoms. The lowest BCUT2D eigenvalue weighted by atomic mass is 10.1. The SMILES string of the molecule is O=c1[nH]c2cc3c(cc2cc1CN(Cc1nnnn1CCc1ccccc1)C1CCCC1)OCCO3. The molecule has 0 atom stereocenters. The zero-order valence-electron chi connectivity index (χ0n) is 20.2. The number of aromatic amines is 1. The number of benzene rings is 2. The third kappa shape index (κ3) is 4.83. The van der Waals surface area contributed by atoms with Gasteiger partial charge in [-0.1, -0.05) is 43.2 Å². The molecule has 0 radical (unpaired) electrons. The Morgan fingerprint density at radius 1 is 1.00 bits per heavy atom. The van der Waals surface area contributed by atoms with Gasteiger partial charge in [-0.2, -0.15) is 0 Å². The van der Waals surface area contributed by atoms with Crippen LogP contribution in [0.25, 0.3) is 10.9 Å². The van der Waals surface area contributed by atoms with E-state index in [4.69, 9.17) is 9.47 Å². The van der Waals surface area contributed by atoms with Crippen molar-refractivity contribution in [3.63, 3.8) is 0 Å². The Morgan fingerprint density at radius 3 is 2.58 bits per heavy atom. The van der Waals surface area contributed by atoms with Crippen LogP contribution in [0.5, 0.6) is 11.5 Å². The van der Waals surface area contributed by atoms with E-state index in [9.17, 15) is 4.79 Å². The lowest BCUT2D eigenvalue weighted by Gasteiger charge is -2.28. The highest BCUT2D eigenvalue weighted by Gasteiger charge is 2.26. The summed E-state index contributed by atoms with van der Waals surface area (Å²) in [6.45, 7) is 2.90. The predicted octanol–water partition coefficient (Wildman–Crippen LogP) is 3.47. The minimum absolute atomic E-state index is 0.0779. The first-order chi connectivity index (χ1) is 17.7. The molecule has 2 aromatic carbocycles. The van der Waals surface area contributed by atoms with Gasteiger partial charge >= 0.3 is 0 Å². The molecule has 1 aliphatic carbocycles. The highest BCUT2D eigenvalue weighted by atomic mass is 16.6. The van der Waals surface area contributed by atoms with Crippen molar-refractivity contribution in [2.75, 3.05) is 13.2 Å². The van der Waals surface area contributed by atoms with Crippen LogP contribution in [0.2, 0.25) is 0 Å². The van der Waals surface area contributed by atoms with Crippen LogP contribution in [-0.4, -0.2) is 49.3 Å². The predicted molar refractivity (Wildman–Crippen MR) is 135 cm³/mol. The van der Waals surface area contributed by atoms with E-state index in [-0.39, 0.29) is 5.56 Å². The van der Waals surface area contributed by atoms with E-state index in [0.717, 1.165) is 47.3 Å². The molecule has 0 amide bonds. The van der Waals surface area contributed by atoms with Gasteiger partial charge in [0.25, 0.3) is 5.56 Å². The quantitative estimate of drug-likeness (QED) is 0.407. The molecule has 36 heavy (non-hydrogen) atoms. The highest BCUT2D eigenvalue weighted by molar-refractivity contribution is 5.83. The fourth-order valence-electron chi connectivity index (χ4n) is 5.28. The third-order valence-electron chi connectivity index (χ3n) is 7.20. The molecule has 2 aromatic heterocycles. The Morgan fingerprint density at radius 2 is 1.78 bits per heavy atom. The molecular weight excluding hydrogens is 456 g/mol. The molecule has 6 rings (SSSR count). The summed E-state index contributed by atoms with van der Waals surface area (Å²) < 4.78 is 13.3. The Labute approximate surface area is 209 Å². The van der Waals surface area contributed by atoms with Gasteiger partial charge < -0.3 is 14.5 Å². The van der Waals surface area contributed by atoms with Crippen molar-refractivity contribution in [2.45, 2.75) is 57.8 Å². The van der Waals surface area contributed by atoms with Gasteiger partial charge in [-0.15, -0.1) is 5.10 Å². The maximum absolute atomic E-state index is 13.1. The van der Waals surface area contributed by atoms with E-state index in [2.05, 4.69) is 37.5 Å². The van der Waals surface area contributed by atoms with Gasteiger partial charge in [0.05, 0.1) is 12.1 Å². The molecule has 0 saturated heterocycles. The van der Waals surface area contributed by atoms with Gasteiger partial charge in [-0.25, -0.2) is 4.68 Å². The van der Waals surface area contributed by atoms with E-state index in [0.29, 0.717) is 44.6 Å². The first-order valence-electron chi connectivity index (χ1n) is 12.7. The smallest absolute Gasteiger partial charge is 0.252 e. The normalized spacial score (nSPS) is 15.7. The van der Waals surface area contributed by atoms with Gasteiger partial charge in [0.15, 0.2) is 17.3 Å². The molecule has 0 bridgehead atoms. The number of aromatic nitrogens is 5. The summed E-state index contributed by atoms with van der Waals surface area (Å²) in [6, 6.07) is 16.5. The van der Waals surface area contributed by atoms with E-state index in [1.54, 1.807) is 0 Å². The molecule has 1 fully saturated rings. The molecule has 9 nitrogen and oxygen atoms in total. The Bertz CT molecular complexity index is 1390. The molecule has 4 aromatic rings. The van der Waals surface area contributed by atoms with Crippen molar-refractivity contribution in [1.29, 1.82) is 0 Å². The van der Waals surface area contributed by atoms with Crippen LogP contribution in [-0.2, 0) is 26.1 Å². The summed E-state index contributed by atoms with van der Waals surface area (Å²) in [4.78, 5) is 18.5. The van der Waals surface area contributed by atoms with Crippen molar-refractivity contribution < 1.29 is 9.47 Å². The largest absolute Gasteiger partial charge is 0.486 e. The van der Waals surface area contributed by atoms with Gasteiger partial charge in [-0.05, 0) is 47.4 Å². The van der Waals surface area contributed by atoms with E-state index < -0.39 is 0 Å². The third-order valence-corrected chi connectivity index (χ3v) is 7.20. The van der Waals surface area contributed by atoms with Crippen LogP contribution in [0, 0.1) is 0 Å². The topological polar surface area (TPSA) is 98.2 Å². The Kier molecular flexibility index (Phi) is 6.38. The van der Waals surface area contributed by atoms with E-state index in [1.807, 2.05) is 41.1 Å². The summed E-state index contributed by atoms with van der Waals surface area (Å²) in [5.74, 6) is 2.22. The number of nitrogens with zero attached hydrogens (tertiary/aromatic N) is 5. The molecular formula is C27H30N6O3. The minimum atomic E-state index is -0.0779. The number of pyridine rings is 1. The molecule has 1 aliphatic heterocycles. The summed E-state index contributed by atoms with van der Waals surface area (Å²) in [5, 5.41) is 13.5. The summed E-state index contributed by atoms with van der Waals surface area (Å²) in [6.07, 6.45) is 5.52. The molecule has 2 aliphatic rings. The average molecular weight is 487 g/mol. The van der Waals surface area contributed by atoms with Crippen molar-refractivity contribution in [3.05, 3.63) is 75.8 Å². The van der Waals surface area contributed by atoms with Crippen molar-refractivity contribution in [1.82, 2.24) is 30.1 Å². The fraction of sp³-hybridized carbons (Fsp3) is 0.407. The first-order valence-corrected chi connectivity index (χ1v) is 12.7. The number of fused-ring (bicyclic) bond motifs is 2. The average Bonchev–Trinajstić information content (AvgIpc) is 3.59. The number of aryl methyl sites for hydroxylation is 2. The molecule has 0 unspecified atom stereocenters. The van der Waals surface area contributed by atoms with E-state index in [1.165, 1.54) is 18.4 Å².